The maximum Gasteiger partial charge on any atom is 0.325 e. The standard InChI is InChI=1S/C16H13N5O3.ClH/c17-19-7-9-1-2-11-6-12(4-3-10(11)5-9)14(22)20-13-8-18-16(24)21-15(13)23;/h1-8H,17H2,(H,20,22)(H2,18,21,23,24);1H. The van der Waals surface area contributed by atoms with Crippen LogP contribution in [-0.4, -0.2) is 22.1 Å². The number of halogens is 1. The number of hydrazone groups is 1. The molecule has 0 radical (unpaired) electrons. The highest BCUT2D eigenvalue weighted by molar-refractivity contribution is 6.06. The molecule has 0 spiro atoms. The maximum absolute atomic E-state index is 12.3. The summed E-state index contributed by atoms with van der Waals surface area (Å²) in [6, 6.07) is 10.7. The molecule has 0 aliphatic carbocycles. The van der Waals surface area contributed by atoms with Gasteiger partial charge in [-0.2, -0.15) is 5.10 Å². The molecular formula is C16H14ClN5O3. The van der Waals surface area contributed by atoms with Crippen molar-refractivity contribution in [3.05, 3.63) is 74.6 Å². The first-order valence-corrected chi connectivity index (χ1v) is 6.97. The highest BCUT2D eigenvalue weighted by atomic mass is 35.5. The summed E-state index contributed by atoms with van der Waals surface area (Å²) < 4.78 is 0. The molecule has 1 heterocycles. The van der Waals surface area contributed by atoms with Crippen LogP contribution in [0.3, 0.4) is 0 Å². The van der Waals surface area contributed by atoms with Gasteiger partial charge < -0.3 is 16.1 Å². The Morgan fingerprint density at radius 1 is 1.12 bits per heavy atom. The van der Waals surface area contributed by atoms with Crippen molar-refractivity contribution in [1.82, 2.24) is 9.97 Å². The highest BCUT2D eigenvalue weighted by Crippen LogP contribution is 2.18. The maximum atomic E-state index is 12.3. The van der Waals surface area contributed by atoms with Gasteiger partial charge in [-0.3, -0.25) is 14.6 Å². The van der Waals surface area contributed by atoms with E-state index in [1.54, 1.807) is 18.2 Å². The second-order valence-corrected chi connectivity index (χ2v) is 5.04. The zero-order chi connectivity index (χ0) is 17.1. The van der Waals surface area contributed by atoms with Crippen molar-refractivity contribution in [2.24, 2.45) is 10.9 Å². The van der Waals surface area contributed by atoms with Crippen LogP contribution < -0.4 is 22.4 Å². The Kier molecular flexibility index (Phi) is 5.35. The molecule has 0 saturated carbocycles. The van der Waals surface area contributed by atoms with Crippen LogP contribution in [0.25, 0.3) is 10.8 Å². The summed E-state index contributed by atoms with van der Waals surface area (Å²) >= 11 is 0. The molecule has 0 atom stereocenters. The fraction of sp³-hybridized carbons (Fsp3) is 0. The molecule has 0 unspecified atom stereocenters. The molecule has 25 heavy (non-hydrogen) atoms. The number of amides is 1. The van der Waals surface area contributed by atoms with Crippen molar-refractivity contribution in [1.29, 1.82) is 0 Å². The molecular weight excluding hydrogens is 346 g/mol. The van der Waals surface area contributed by atoms with Crippen LogP contribution >= 0.6 is 12.4 Å². The van der Waals surface area contributed by atoms with Crippen molar-refractivity contribution in [2.75, 3.05) is 5.32 Å². The number of fused-ring (bicyclic) bond motifs is 1. The van der Waals surface area contributed by atoms with Gasteiger partial charge in [-0.25, -0.2) is 4.79 Å². The first-order valence-electron chi connectivity index (χ1n) is 6.97. The van der Waals surface area contributed by atoms with Gasteiger partial charge >= 0.3 is 5.69 Å². The second-order valence-electron chi connectivity index (χ2n) is 5.04. The van der Waals surface area contributed by atoms with Gasteiger partial charge in [0.1, 0.15) is 5.69 Å². The quantitative estimate of drug-likeness (QED) is 0.317. The van der Waals surface area contributed by atoms with E-state index in [2.05, 4.69) is 15.4 Å². The van der Waals surface area contributed by atoms with Crippen molar-refractivity contribution < 1.29 is 4.79 Å². The van der Waals surface area contributed by atoms with E-state index in [9.17, 15) is 14.4 Å². The van der Waals surface area contributed by atoms with Gasteiger partial charge in [-0.05, 0) is 34.5 Å². The summed E-state index contributed by atoms with van der Waals surface area (Å²) in [6.45, 7) is 0. The number of hydrogen-bond donors (Lipinski definition) is 4. The fourth-order valence-corrected chi connectivity index (χ4v) is 2.27. The number of nitrogens with one attached hydrogen (secondary N) is 3. The number of H-pyrrole nitrogens is 2. The minimum Gasteiger partial charge on any atom is -0.323 e. The monoisotopic (exact) mass is 359 g/mol. The fourth-order valence-electron chi connectivity index (χ4n) is 2.27. The smallest absolute Gasteiger partial charge is 0.323 e. The lowest BCUT2D eigenvalue weighted by molar-refractivity contribution is 0.102. The average Bonchev–Trinajstić information content (AvgIpc) is 2.57. The van der Waals surface area contributed by atoms with Crippen LogP contribution in [0, 0.1) is 0 Å². The molecule has 0 aliphatic heterocycles. The molecule has 128 valence electrons. The van der Waals surface area contributed by atoms with E-state index in [1.165, 1.54) is 6.21 Å². The van der Waals surface area contributed by atoms with E-state index in [4.69, 9.17) is 5.84 Å². The second kappa shape index (κ2) is 7.45. The van der Waals surface area contributed by atoms with Gasteiger partial charge in [0.2, 0.25) is 0 Å². The van der Waals surface area contributed by atoms with E-state index in [0.29, 0.717) is 5.56 Å². The number of carbonyl (C=O) groups is 1. The number of anilines is 1. The molecule has 1 aromatic heterocycles. The van der Waals surface area contributed by atoms with Gasteiger partial charge in [0.05, 0.1) is 6.21 Å². The molecule has 1 amide bonds. The van der Waals surface area contributed by atoms with E-state index in [-0.39, 0.29) is 18.1 Å². The van der Waals surface area contributed by atoms with Crippen molar-refractivity contribution in [2.45, 2.75) is 0 Å². The normalized spacial score (nSPS) is 10.6. The summed E-state index contributed by atoms with van der Waals surface area (Å²) in [5.74, 6) is 4.67. The predicted molar refractivity (Wildman–Crippen MR) is 98.6 cm³/mol. The minimum absolute atomic E-state index is 0. The number of carbonyl (C=O) groups excluding carboxylic acids is 1. The lowest BCUT2D eigenvalue weighted by atomic mass is 10.0. The van der Waals surface area contributed by atoms with Crippen molar-refractivity contribution >= 4 is 41.0 Å². The SMILES string of the molecule is Cl.NN=Cc1ccc2cc(C(=O)Nc3c[nH]c(=O)[nH]c3=O)ccc2c1. The van der Waals surface area contributed by atoms with Gasteiger partial charge in [0, 0.05) is 11.8 Å². The molecule has 0 fully saturated rings. The Morgan fingerprint density at radius 2 is 1.84 bits per heavy atom. The molecule has 0 bridgehead atoms. The zero-order valence-corrected chi connectivity index (χ0v) is 13.6. The molecule has 9 heteroatoms. The summed E-state index contributed by atoms with van der Waals surface area (Å²) in [7, 11) is 0. The van der Waals surface area contributed by atoms with Crippen LogP contribution in [-0.2, 0) is 0 Å². The van der Waals surface area contributed by atoms with Crippen LogP contribution in [0.1, 0.15) is 15.9 Å². The van der Waals surface area contributed by atoms with Crippen LogP contribution in [0.5, 0.6) is 0 Å². The molecule has 0 aliphatic rings. The summed E-state index contributed by atoms with van der Waals surface area (Å²) in [5.41, 5.74) is -0.108. The van der Waals surface area contributed by atoms with Gasteiger partial charge in [-0.15, -0.1) is 12.4 Å². The van der Waals surface area contributed by atoms with Crippen LogP contribution in [0.15, 0.2) is 57.3 Å². The molecule has 2 aromatic carbocycles. The van der Waals surface area contributed by atoms with Gasteiger partial charge in [-0.1, -0.05) is 18.2 Å². The first kappa shape index (κ1) is 18.0. The van der Waals surface area contributed by atoms with Crippen molar-refractivity contribution in [3.63, 3.8) is 0 Å². The van der Waals surface area contributed by atoms with Crippen LogP contribution in [0.2, 0.25) is 0 Å². The Labute approximate surface area is 147 Å². The summed E-state index contributed by atoms with van der Waals surface area (Å²) in [4.78, 5) is 39.2. The molecule has 3 rings (SSSR count). The Hall–Kier alpha value is -3.39. The third-order valence-electron chi connectivity index (χ3n) is 3.42. The molecule has 5 N–H and O–H groups in total. The Balaban J connectivity index is 0.00000225. The van der Waals surface area contributed by atoms with Gasteiger partial charge in [0.15, 0.2) is 0 Å². The largest absolute Gasteiger partial charge is 0.325 e. The third kappa shape index (κ3) is 3.93. The Morgan fingerprint density at radius 3 is 2.56 bits per heavy atom. The van der Waals surface area contributed by atoms with E-state index in [0.717, 1.165) is 22.5 Å². The zero-order valence-electron chi connectivity index (χ0n) is 12.8. The first-order chi connectivity index (χ1) is 11.6. The van der Waals surface area contributed by atoms with E-state index >= 15 is 0 Å². The summed E-state index contributed by atoms with van der Waals surface area (Å²) in [5, 5.41) is 7.71. The lowest BCUT2D eigenvalue weighted by Gasteiger charge is -2.06. The number of rotatable bonds is 3. The Bertz CT molecular complexity index is 1070. The molecule has 3 aromatic rings. The van der Waals surface area contributed by atoms with E-state index < -0.39 is 17.2 Å². The highest BCUT2D eigenvalue weighted by Gasteiger charge is 2.09. The molecule has 8 nitrogen and oxygen atoms in total. The van der Waals surface area contributed by atoms with Crippen LogP contribution in [0.4, 0.5) is 5.69 Å². The third-order valence-corrected chi connectivity index (χ3v) is 3.42. The molecule has 0 saturated heterocycles. The minimum atomic E-state index is -0.668. The van der Waals surface area contributed by atoms with Crippen molar-refractivity contribution in [3.8, 4) is 0 Å². The van der Waals surface area contributed by atoms with Gasteiger partial charge in [0.25, 0.3) is 11.5 Å². The average molecular weight is 360 g/mol. The number of nitrogens with zero attached hydrogens (tertiary/aromatic N) is 1. The number of benzene rings is 2. The number of aromatic amines is 2. The number of hydrogen-bond acceptors (Lipinski definition) is 5. The summed E-state index contributed by atoms with van der Waals surface area (Å²) in [6.07, 6.45) is 2.68. The van der Waals surface area contributed by atoms with E-state index in [1.807, 2.05) is 23.2 Å². The number of nitrogens with two attached hydrogens (primary N) is 1. The number of aromatic nitrogens is 2. The predicted octanol–water partition coefficient (Wildman–Crippen LogP) is 1.18. The lowest BCUT2D eigenvalue weighted by Crippen LogP contribution is -2.26. The topological polar surface area (TPSA) is 133 Å².